The van der Waals surface area contributed by atoms with Crippen molar-refractivity contribution >= 4 is 0 Å². The summed E-state index contributed by atoms with van der Waals surface area (Å²) >= 11 is 0. The summed E-state index contributed by atoms with van der Waals surface area (Å²) in [5.74, 6) is 0. The van der Waals surface area contributed by atoms with Gasteiger partial charge in [-0.1, -0.05) is 13.5 Å². The SMILES string of the molecule is C=C(C)NOC(C)CC. The van der Waals surface area contributed by atoms with Gasteiger partial charge in [0, 0.05) is 5.70 Å². The first-order valence-electron chi connectivity index (χ1n) is 3.24. The zero-order chi connectivity index (χ0) is 7.28. The molecule has 0 amide bonds. The Morgan fingerprint density at radius 3 is 2.67 bits per heavy atom. The molecule has 0 aliphatic carbocycles. The van der Waals surface area contributed by atoms with Crippen molar-refractivity contribution in [2.75, 3.05) is 0 Å². The van der Waals surface area contributed by atoms with Crippen LogP contribution in [0.4, 0.5) is 0 Å². The summed E-state index contributed by atoms with van der Waals surface area (Å²) in [6, 6.07) is 0. The topological polar surface area (TPSA) is 21.3 Å². The van der Waals surface area contributed by atoms with E-state index >= 15 is 0 Å². The maximum absolute atomic E-state index is 5.10. The molecule has 54 valence electrons. The van der Waals surface area contributed by atoms with E-state index in [1.54, 1.807) is 0 Å². The number of rotatable bonds is 4. The van der Waals surface area contributed by atoms with Crippen molar-refractivity contribution in [1.29, 1.82) is 0 Å². The van der Waals surface area contributed by atoms with E-state index in [1.807, 2.05) is 13.8 Å². The molecule has 1 atom stereocenters. The second-order valence-corrected chi connectivity index (χ2v) is 2.22. The molecule has 1 N–H and O–H groups in total. The molecule has 0 aromatic rings. The van der Waals surface area contributed by atoms with Gasteiger partial charge in [0.1, 0.15) is 0 Å². The molecule has 0 fully saturated rings. The summed E-state index contributed by atoms with van der Waals surface area (Å²) in [6.45, 7) is 9.57. The highest BCUT2D eigenvalue weighted by molar-refractivity contribution is 4.79. The van der Waals surface area contributed by atoms with Crippen LogP contribution in [0.15, 0.2) is 12.3 Å². The van der Waals surface area contributed by atoms with Crippen LogP contribution in [0.5, 0.6) is 0 Å². The van der Waals surface area contributed by atoms with E-state index < -0.39 is 0 Å². The molecule has 0 spiro atoms. The van der Waals surface area contributed by atoms with Crippen LogP contribution in [-0.2, 0) is 4.84 Å². The number of hydrogen-bond acceptors (Lipinski definition) is 2. The van der Waals surface area contributed by atoms with E-state index in [-0.39, 0.29) is 6.10 Å². The third-order valence-corrected chi connectivity index (χ3v) is 1.01. The normalized spacial score (nSPS) is 12.8. The minimum absolute atomic E-state index is 0.265. The van der Waals surface area contributed by atoms with E-state index in [4.69, 9.17) is 4.84 Å². The van der Waals surface area contributed by atoms with Gasteiger partial charge in [0.25, 0.3) is 0 Å². The molecule has 0 aliphatic rings. The monoisotopic (exact) mass is 129 g/mol. The minimum atomic E-state index is 0.265. The Morgan fingerprint density at radius 1 is 1.78 bits per heavy atom. The fourth-order valence-corrected chi connectivity index (χ4v) is 0.285. The van der Waals surface area contributed by atoms with Gasteiger partial charge in [0.2, 0.25) is 0 Å². The summed E-state index contributed by atoms with van der Waals surface area (Å²) < 4.78 is 0. The number of hydrogen-bond donors (Lipinski definition) is 1. The van der Waals surface area contributed by atoms with Crippen LogP contribution in [-0.4, -0.2) is 6.10 Å². The number of nitrogens with one attached hydrogen (secondary N) is 1. The zero-order valence-corrected chi connectivity index (χ0v) is 6.40. The van der Waals surface area contributed by atoms with Crippen molar-refractivity contribution < 1.29 is 4.84 Å². The molecule has 0 bridgehead atoms. The Kier molecular flexibility index (Phi) is 4.14. The number of allylic oxidation sites excluding steroid dienone is 1. The van der Waals surface area contributed by atoms with Crippen molar-refractivity contribution in [3.05, 3.63) is 12.3 Å². The number of hydroxylamine groups is 1. The van der Waals surface area contributed by atoms with Gasteiger partial charge in [-0.2, -0.15) is 0 Å². The van der Waals surface area contributed by atoms with Crippen LogP contribution in [0.3, 0.4) is 0 Å². The quantitative estimate of drug-likeness (QED) is 0.585. The van der Waals surface area contributed by atoms with Crippen LogP contribution in [0.2, 0.25) is 0 Å². The van der Waals surface area contributed by atoms with Gasteiger partial charge in [-0.15, -0.1) is 0 Å². The van der Waals surface area contributed by atoms with E-state index in [9.17, 15) is 0 Å². The first-order valence-corrected chi connectivity index (χ1v) is 3.24. The Morgan fingerprint density at radius 2 is 2.33 bits per heavy atom. The van der Waals surface area contributed by atoms with E-state index in [0.29, 0.717) is 0 Å². The lowest BCUT2D eigenvalue weighted by atomic mass is 10.3. The second kappa shape index (κ2) is 4.39. The third-order valence-electron chi connectivity index (χ3n) is 1.01. The Hall–Kier alpha value is -0.500. The Bertz CT molecular complexity index is 90.9. The molecule has 0 saturated carbocycles. The lowest BCUT2D eigenvalue weighted by molar-refractivity contribution is 0.00174. The van der Waals surface area contributed by atoms with Crippen molar-refractivity contribution in [3.8, 4) is 0 Å². The van der Waals surface area contributed by atoms with Gasteiger partial charge in [0.05, 0.1) is 6.10 Å². The minimum Gasteiger partial charge on any atom is -0.273 e. The molecule has 0 rings (SSSR count). The highest BCUT2D eigenvalue weighted by Crippen LogP contribution is 1.93. The highest BCUT2D eigenvalue weighted by Gasteiger charge is 1.95. The molecule has 0 heterocycles. The molecule has 0 saturated heterocycles. The maximum Gasteiger partial charge on any atom is 0.0823 e. The molecule has 0 radical (unpaired) electrons. The lowest BCUT2D eigenvalue weighted by Crippen LogP contribution is -2.18. The smallest absolute Gasteiger partial charge is 0.0823 e. The van der Waals surface area contributed by atoms with Crippen LogP contribution in [0.1, 0.15) is 27.2 Å². The lowest BCUT2D eigenvalue weighted by Gasteiger charge is -2.10. The molecular weight excluding hydrogens is 114 g/mol. The summed E-state index contributed by atoms with van der Waals surface area (Å²) in [7, 11) is 0. The first kappa shape index (κ1) is 8.50. The molecule has 2 nitrogen and oxygen atoms in total. The zero-order valence-electron chi connectivity index (χ0n) is 6.40. The largest absolute Gasteiger partial charge is 0.273 e. The standard InChI is InChI=1S/C7H15NO/c1-5-7(4)9-8-6(2)3/h7-8H,2,5H2,1,3-4H3. The van der Waals surface area contributed by atoms with Gasteiger partial charge >= 0.3 is 0 Å². The molecule has 0 aliphatic heterocycles. The second-order valence-electron chi connectivity index (χ2n) is 2.22. The van der Waals surface area contributed by atoms with Crippen LogP contribution >= 0.6 is 0 Å². The molecule has 9 heavy (non-hydrogen) atoms. The summed E-state index contributed by atoms with van der Waals surface area (Å²) in [5, 5.41) is 0. The van der Waals surface area contributed by atoms with Crippen molar-refractivity contribution in [2.45, 2.75) is 33.3 Å². The van der Waals surface area contributed by atoms with Crippen molar-refractivity contribution in [2.24, 2.45) is 0 Å². The summed E-state index contributed by atoms with van der Waals surface area (Å²) in [5.41, 5.74) is 3.54. The molecule has 2 heteroatoms. The van der Waals surface area contributed by atoms with E-state index in [0.717, 1.165) is 12.1 Å². The van der Waals surface area contributed by atoms with Crippen LogP contribution in [0.25, 0.3) is 0 Å². The maximum atomic E-state index is 5.10. The fraction of sp³-hybridized carbons (Fsp3) is 0.714. The van der Waals surface area contributed by atoms with Gasteiger partial charge in [-0.3, -0.25) is 10.3 Å². The van der Waals surface area contributed by atoms with Crippen molar-refractivity contribution in [3.63, 3.8) is 0 Å². The van der Waals surface area contributed by atoms with Gasteiger partial charge < -0.3 is 0 Å². The molecular formula is C7H15NO. The predicted molar refractivity (Wildman–Crippen MR) is 38.8 cm³/mol. The molecule has 1 unspecified atom stereocenters. The first-order chi connectivity index (χ1) is 4.16. The van der Waals surface area contributed by atoms with Gasteiger partial charge in [-0.05, 0) is 20.3 Å². The third kappa shape index (κ3) is 5.37. The van der Waals surface area contributed by atoms with Gasteiger partial charge in [0.15, 0.2) is 0 Å². The van der Waals surface area contributed by atoms with E-state index in [1.165, 1.54) is 0 Å². The van der Waals surface area contributed by atoms with Crippen molar-refractivity contribution in [1.82, 2.24) is 5.48 Å². The Balaban J connectivity index is 3.16. The average Bonchev–Trinajstić information content (AvgIpc) is 1.83. The van der Waals surface area contributed by atoms with Crippen LogP contribution < -0.4 is 5.48 Å². The van der Waals surface area contributed by atoms with Gasteiger partial charge in [-0.25, -0.2) is 0 Å². The average molecular weight is 129 g/mol. The summed E-state index contributed by atoms with van der Waals surface area (Å²) in [6.07, 6.45) is 1.28. The molecule has 0 aromatic heterocycles. The highest BCUT2D eigenvalue weighted by atomic mass is 16.7. The molecule has 0 aromatic carbocycles. The van der Waals surface area contributed by atoms with E-state index in [2.05, 4.69) is 19.0 Å². The van der Waals surface area contributed by atoms with Crippen LogP contribution in [0, 0.1) is 0 Å². The summed E-state index contributed by atoms with van der Waals surface area (Å²) in [4.78, 5) is 5.10. The Labute approximate surface area is 56.9 Å². The predicted octanol–water partition coefficient (Wildman–Crippen LogP) is 1.84. The fourth-order valence-electron chi connectivity index (χ4n) is 0.285.